The maximum absolute atomic E-state index is 5.72. The van der Waals surface area contributed by atoms with Crippen molar-refractivity contribution in [2.75, 3.05) is 25.1 Å². The predicted octanol–water partition coefficient (Wildman–Crippen LogP) is 2.18. The average molecular weight is 238 g/mol. The number of rotatable bonds is 5. The summed E-state index contributed by atoms with van der Waals surface area (Å²) in [6.07, 6.45) is 0. The second kappa shape index (κ2) is 5.70. The minimum atomic E-state index is 0.421. The van der Waals surface area contributed by atoms with Gasteiger partial charge in [-0.05, 0) is 26.0 Å². The lowest BCUT2D eigenvalue weighted by molar-refractivity contribution is 0.415. The van der Waals surface area contributed by atoms with E-state index < -0.39 is 0 Å². The molecular formula is C12H18N2OS. The van der Waals surface area contributed by atoms with Gasteiger partial charge in [-0.25, -0.2) is 0 Å². The number of ether oxygens (including phenoxy) is 1. The standard InChI is InChI=1S/C12H18N2OS/c1-4-14(5-2)11-8-9(15-3)6-7-10(11)12(13)16/h6-8H,4-5H2,1-3H3,(H2,13,16). The van der Waals surface area contributed by atoms with E-state index in [0.29, 0.717) is 4.99 Å². The maximum atomic E-state index is 5.72. The smallest absolute Gasteiger partial charge is 0.120 e. The summed E-state index contributed by atoms with van der Waals surface area (Å²) in [4.78, 5) is 2.63. The molecule has 4 heteroatoms. The van der Waals surface area contributed by atoms with Crippen LogP contribution in [0.1, 0.15) is 19.4 Å². The molecule has 0 aliphatic heterocycles. The van der Waals surface area contributed by atoms with Crippen molar-refractivity contribution in [3.05, 3.63) is 23.8 Å². The molecule has 0 saturated heterocycles. The first-order chi connectivity index (χ1) is 7.63. The van der Waals surface area contributed by atoms with Crippen LogP contribution in [0.5, 0.6) is 5.75 Å². The van der Waals surface area contributed by atoms with Crippen LogP contribution < -0.4 is 15.4 Å². The van der Waals surface area contributed by atoms with Gasteiger partial charge in [-0.2, -0.15) is 0 Å². The molecule has 16 heavy (non-hydrogen) atoms. The Morgan fingerprint density at radius 3 is 2.44 bits per heavy atom. The van der Waals surface area contributed by atoms with Gasteiger partial charge in [0.05, 0.1) is 12.8 Å². The second-order valence-corrected chi connectivity index (χ2v) is 3.86. The summed E-state index contributed by atoms with van der Waals surface area (Å²) in [7, 11) is 1.65. The Bertz CT molecular complexity index is 375. The molecule has 0 spiro atoms. The zero-order valence-corrected chi connectivity index (χ0v) is 10.8. The lowest BCUT2D eigenvalue weighted by Gasteiger charge is -2.24. The topological polar surface area (TPSA) is 38.5 Å². The molecule has 0 aliphatic carbocycles. The van der Waals surface area contributed by atoms with Gasteiger partial charge in [-0.15, -0.1) is 0 Å². The number of methoxy groups -OCH3 is 1. The highest BCUT2D eigenvalue weighted by atomic mass is 32.1. The summed E-state index contributed by atoms with van der Waals surface area (Å²) in [6.45, 7) is 6.04. The van der Waals surface area contributed by atoms with E-state index in [9.17, 15) is 0 Å². The monoisotopic (exact) mass is 238 g/mol. The van der Waals surface area contributed by atoms with Gasteiger partial charge in [-0.1, -0.05) is 12.2 Å². The number of hydrogen-bond donors (Lipinski definition) is 1. The van der Waals surface area contributed by atoms with Crippen LogP contribution in [0, 0.1) is 0 Å². The van der Waals surface area contributed by atoms with Crippen molar-refractivity contribution >= 4 is 22.9 Å². The molecule has 0 saturated carbocycles. The van der Waals surface area contributed by atoms with Crippen LogP contribution in [0.15, 0.2) is 18.2 Å². The molecule has 88 valence electrons. The largest absolute Gasteiger partial charge is 0.497 e. The van der Waals surface area contributed by atoms with Crippen LogP contribution in [0.25, 0.3) is 0 Å². The number of anilines is 1. The minimum absolute atomic E-state index is 0.421. The summed E-state index contributed by atoms with van der Waals surface area (Å²) in [5.41, 5.74) is 7.66. The molecule has 0 radical (unpaired) electrons. The molecule has 0 unspecified atom stereocenters. The fourth-order valence-corrected chi connectivity index (χ4v) is 1.85. The van der Waals surface area contributed by atoms with Crippen molar-refractivity contribution < 1.29 is 4.74 Å². The van der Waals surface area contributed by atoms with Gasteiger partial charge < -0.3 is 15.4 Å². The first-order valence-corrected chi connectivity index (χ1v) is 5.77. The SMILES string of the molecule is CCN(CC)c1cc(OC)ccc1C(N)=S. The van der Waals surface area contributed by atoms with Crippen LogP contribution in [0.3, 0.4) is 0 Å². The highest BCUT2D eigenvalue weighted by molar-refractivity contribution is 7.80. The van der Waals surface area contributed by atoms with Crippen molar-refractivity contribution in [1.29, 1.82) is 0 Å². The number of nitrogens with two attached hydrogens (primary N) is 1. The molecule has 0 amide bonds. The highest BCUT2D eigenvalue weighted by Crippen LogP contribution is 2.26. The van der Waals surface area contributed by atoms with E-state index in [2.05, 4.69) is 18.7 Å². The number of benzene rings is 1. The zero-order valence-electron chi connectivity index (χ0n) is 9.99. The summed E-state index contributed by atoms with van der Waals surface area (Å²) in [5, 5.41) is 0. The minimum Gasteiger partial charge on any atom is -0.497 e. The Morgan fingerprint density at radius 2 is 2.00 bits per heavy atom. The fraction of sp³-hybridized carbons (Fsp3) is 0.417. The molecule has 0 heterocycles. The molecule has 2 N–H and O–H groups in total. The molecule has 0 atom stereocenters. The third kappa shape index (κ3) is 2.64. The summed E-state index contributed by atoms with van der Waals surface area (Å²) < 4.78 is 5.22. The van der Waals surface area contributed by atoms with Crippen molar-refractivity contribution in [3.63, 3.8) is 0 Å². The summed E-state index contributed by atoms with van der Waals surface area (Å²) in [6, 6.07) is 5.76. The number of thiocarbonyl (C=S) groups is 1. The van der Waals surface area contributed by atoms with E-state index in [1.165, 1.54) is 0 Å². The van der Waals surface area contributed by atoms with Gasteiger partial charge in [0.1, 0.15) is 10.7 Å². The Hall–Kier alpha value is -1.29. The van der Waals surface area contributed by atoms with E-state index in [0.717, 1.165) is 30.1 Å². The van der Waals surface area contributed by atoms with Crippen LogP contribution in [0.2, 0.25) is 0 Å². The Labute approximate surface area is 102 Å². The lowest BCUT2D eigenvalue weighted by atomic mass is 10.1. The van der Waals surface area contributed by atoms with Crippen molar-refractivity contribution in [2.24, 2.45) is 5.73 Å². The van der Waals surface area contributed by atoms with E-state index in [1.807, 2.05) is 18.2 Å². The summed E-state index contributed by atoms with van der Waals surface area (Å²) >= 11 is 5.05. The Kier molecular flexibility index (Phi) is 4.55. The van der Waals surface area contributed by atoms with Gasteiger partial charge in [0, 0.05) is 24.7 Å². The number of hydrogen-bond acceptors (Lipinski definition) is 3. The first kappa shape index (κ1) is 12.8. The second-order valence-electron chi connectivity index (χ2n) is 3.42. The lowest BCUT2D eigenvalue weighted by Crippen LogP contribution is -2.25. The van der Waals surface area contributed by atoms with E-state index >= 15 is 0 Å². The van der Waals surface area contributed by atoms with Crippen LogP contribution in [0.4, 0.5) is 5.69 Å². The fourth-order valence-electron chi connectivity index (χ4n) is 1.67. The molecule has 1 rings (SSSR count). The zero-order chi connectivity index (χ0) is 12.1. The Morgan fingerprint density at radius 1 is 1.38 bits per heavy atom. The van der Waals surface area contributed by atoms with Crippen molar-refractivity contribution in [1.82, 2.24) is 0 Å². The summed E-state index contributed by atoms with van der Waals surface area (Å²) in [5.74, 6) is 0.821. The molecule has 3 nitrogen and oxygen atoms in total. The Balaban J connectivity index is 3.24. The molecular weight excluding hydrogens is 220 g/mol. The van der Waals surface area contributed by atoms with Gasteiger partial charge in [0.25, 0.3) is 0 Å². The van der Waals surface area contributed by atoms with E-state index in [4.69, 9.17) is 22.7 Å². The van der Waals surface area contributed by atoms with Crippen molar-refractivity contribution in [2.45, 2.75) is 13.8 Å². The van der Waals surface area contributed by atoms with E-state index in [-0.39, 0.29) is 0 Å². The van der Waals surface area contributed by atoms with Crippen LogP contribution in [-0.2, 0) is 0 Å². The molecule has 0 fully saturated rings. The quantitative estimate of drug-likeness (QED) is 0.798. The molecule has 0 bridgehead atoms. The molecule has 0 aliphatic rings. The number of nitrogens with zero attached hydrogens (tertiary/aromatic N) is 1. The van der Waals surface area contributed by atoms with E-state index in [1.54, 1.807) is 7.11 Å². The van der Waals surface area contributed by atoms with Crippen molar-refractivity contribution in [3.8, 4) is 5.75 Å². The predicted molar refractivity (Wildman–Crippen MR) is 72.4 cm³/mol. The third-order valence-electron chi connectivity index (χ3n) is 2.57. The van der Waals surface area contributed by atoms with Gasteiger partial charge in [0.2, 0.25) is 0 Å². The molecule has 0 aromatic heterocycles. The average Bonchev–Trinajstić information content (AvgIpc) is 2.30. The molecule has 1 aromatic carbocycles. The maximum Gasteiger partial charge on any atom is 0.120 e. The first-order valence-electron chi connectivity index (χ1n) is 5.36. The molecule has 1 aromatic rings. The van der Waals surface area contributed by atoms with Gasteiger partial charge in [0.15, 0.2) is 0 Å². The normalized spacial score (nSPS) is 9.94. The third-order valence-corrected chi connectivity index (χ3v) is 2.79. The highest BCUT2D eigenvalue weighted by Gasteiger charge is 2.11. The van der Waals surface area contributed by atoms with Crippen LogP contribution >= 0.6 is 12.2 Å². The van der Waals surface area contributed by atoms with Gasteiger partial charge in [-0.3, -0.25) is 0 Å². The van der Waals surface area contributed by atoms with Crippen LogP contribution in [-0.4, -0.2) is 25.2 Å². The van der Waals surface area contributed by atoms with Gasteiger partial charge >= 0.3 is 0 Å².